The van der Waals surface area contributed by atoms with Crippen molar-refractivity contribution in [3.63, 3.8) is 0 Å². The number of rotatable bonds is 2. The van der Waals surface area contributed by atoms with Gasteiger partial charge in [0.05, 0.1) is 0 Å². The van der Waals surface area contributed by atoms with Gasteiger partial charge < -0.3 is 4.74 Å². The van der Waals surface area contributed by atoms with E-state index in [0.29, 0.717) is 12.0 Å². The first-order valence-electron chi connectivity index (χ1n) is 6.87. The predicted octanol–water partition coefficient (Wildman–Crippen LogP) is 4.65. The van der Waals surface area contributed by atoms with Crippen LogP contribution >= 0.6 is 0 Å². The lowest BCUT2D eigenvalue weighted by atomic mass is 9.77. The molecular formula is C17H15F3O. The van der Waals surface area contributed by atoms with E-state index in [0.717, 1.165) is 0 Å². The van der Waals surface area contributed by atoms with E-state index < -0.39 is 17.7 Å². The normalized spacial score (nSPS) is 26.0. The number of benzene rings is 2. The van der Waals surface area contributed by atoms with Crippen LogP contribution in [0.4, 0.5) is 13.2 Å². The molecule has 4 heteroatoms. The summed E-state index contributed by atoms with van der Waals surface area (Å²) < 4.78 is 47.1. The molecule has 0 aliphatic carbocycles. The lowest BCUT2D eigenvalue weighted by molar-refractivity contribution is -0.274. The first-order valence-corrected chi connectivity index (χ1v) is 6.87. The third kappa shape index (κ3) is 2.23. The van der Waals surface area contributed by atoms with Crippen molar-refractivity contribution >= 4 is 0 Å². The highest BCUT2D eigenvalue weighted by molar-refractivity contribution is 5.34. The third-order valence-corrected chi connectivity index (χ3v) is 4.05. The summed E-state index contributed by atoms with van der Waals surface area (Å²) in [4.78, 5) is 0. The molecule has 1 aliphatic rings. The van der Waals surface area contributed by atoms with Gasteiger partial charge in [0.25, 0.3) is 0 Å². The largest absolute Gasteiger partial charge is 0.422 e. The molecule has 21 heavy (non-hydrogen) atoms. The fraction of sp³-hybridized carbons (Fsp3) is 0.294. The van der Waals surface area contributed by atoms with Gasteiger partial charge in [0.1, 0.15) is 0 Å². The average molecular weight is 292 g/mol. The summed E-state index contributed by atoms with van der Waals surface area (Å²) in [7, 11) is 0. The van der Waals surface area contributed by atoms with Gasteiger partial charge >= 0.3 is 6.18 Å². The van der Waals surface area contributed by atoms with Crippen LogP contribution in [0.2, 0.25) is 0 Å². The van der Waals surface area contributed by atoms with Gasteiger partial charge in [0.15, 0.2) is 5.60 Å². The van der Waals surface area contributed by atoms with Crippen LogP contribution in [0.3, 0.4) is 0 Å². The molecular weight excluding hydrogens is 277 g/mol. The molecule has 1 heterocycles. The summed E-state index contributed by atoms with van der Waals surface area (Å²) in [6.45, 7) is 0.105. The quantitative estimate of drug-likeness (QED) is 0.783. The Kier molecular flexibility index (Phi) is 3.49. The van der Waals surface area contributed by atoms with Crippen molar-refractivity contribution in [1.82, 2.24) is 0 Å². The van der Waals surface area contributed by atoms with E-state index in [1.165, 1.54) is 12.1 Å². The average Bonchev–Trinajstić information content (AvgIpc) is 2.95. The molecule has 1 saturated heterocycles. The zero-order valence-electron chi connectivity index (χ0n) is 11.3. The SMILES string of the molecule is FC(F)(F)[C@]1(c2ccccc2)OCC[C@H]1c1ccccc1. The van der Waals surface area contributed by atoms with Gasteiger partial charge in [-0.1, -0.05) is 60.7 Å². The molecule has 1 fully saturated rings. The van der Waals surface area contributed by atoms with E-state index in [9.17, 15) is 13.2 Å². The van der Waals surface area contributed by atoms with E-state index in [-0.39, 0.29) is 12.2 Å². The Morgan fingerprint density at radius 3 is 2.05 bits per heavy atom. The highest BCUT2D eigenvalue weighted by Gasteiger charge is 2.64. The van der Waals surface area contributed by atoms with Crippen LogP contribution < -0.4 is 0 Å². The molecule has 0 unspecified atom stereocenters. The number of ether oxygens (including phenoxy) is 1. The summed E-state index contributed by atoms with van der Waals surface area (Å²) in [5.74, 6) is -0.721. The van der Waals surface area contributed by atoms with Crippen LogP contribution in [0.5, 0.6) is 0 Å². The van der Waals surface area contributed by atoms with Crippen molar-refractivity contribution in [2.75, 3.05) is 6.61 Å². The number of hydrogen-bond acceptors (Lipinski definition) is 1. The minimum absolute atomic E-state index is 0.105. The fourth-order valence-corrected chi connectivity index (χ4v) is 3.14. The fourth-order valence-electron chi connectivity index (χ4n) is 3.14. The Hall–Kier alpha value is -1.81. The van der Waals surface area contributed by atoms with Crippen molar-refractivity contribution in [3.8, 4) is 0 Å². The molecule has 0 radical (unpaired) electrons. The Labute approximate surface area is 121 Å². The maximum Gasteiger partial charge on any atom is 0.422 e. The molecule has 110 valence electrons. The van der Waals surface area contributed by atoms with Crippen molar-refractivity contribution in [1.29, 1.82) is 0 Å². The molecule has 1 nitrogen and oxygen atoms in total. The second kappa shape index (κ2) is 5.19. The molecule has 0 aromatic heterocycles. The van der Waals surface area contributed by atoms with Crippen molar-refractivity contribution < 1.29 is 17.9 Å². The standard InChI is InChI=1S/C17H15F3O/c18-17(19,20)16(14-9-5-2-6-10-14)15(11-12-21-16)13-7-3-1-4-8-13/h1-10,15H,11-12H2/t15-,16+/m0/s1. The van der Waals surface area contributed by atoms with Crippen molar-refractivity contribution in [2.24, 2.45) is 0 Å². The number of halogens is 3. The summed E-state index contributed by atoms with van der Waals surface area (Å²) in [5, 5.41) is 0. The molecule has 0 amide bonds. The molecule has 2 atom stereocenters. The topological polar surface area (TPSA) is 9.23 Å². The van der Waals surface area contributed by atoms with Gasteiger partial charge in [-0.15, -0.1) is 0 Å². The molecule has 2 aromatic rings. The van der Waals surface area contributed by atoms with E-state index >= 15 is 0 Å². The van der Waals surface area contributed by atoms with Gasteiger partial charge in [0, 0.05) is 12.5 Å². The lowest BCUT2D eigenvalue weighted by Gasteiger charge is -2.37. The van der Waals surface area contributed by atoms with Gasteiger partial charge in [-0.25, -0.2) is 0 Å². The Morgan fingerprint density at radius 2 is 1.48 bits per heavy atom. The van der Waals surface area contributed by atoms with E-state index in [1.807, 2.05) is 0 Å². The second-order valence-corrected chi connectivity index (χ2v) is 5.20. The lowest BCUT2D eigenvalue weighted by Crippen LogP contribution is -2.46. The number of alkyl halides is 3. The Morgan fingerprint density at radius 1 is 0.905 bits per heavy atom. The third-order valence-electron chi connectivity index (χ3n) is 4.05. The minimum atomic E-state index is -4.47. The zero-order chi connectivity index (χ0) is 14.9. The molecule has 0 N–H and O–H groups in total. The first-order chi connectivity index (χ1) is 10.1. The van der Waals surface area contributed by atoms with Gasteiger partial charge in [-0.2, -0.15) is 13.2 Å². The van der Waals surface area contributed by atoms with Crippen LogP contribution in [0, 0.1) is 0 Å². The van der Waals surface area contributed by atoms with Crippen LogP contribution in [0.1, 0.15) is 23.5 Å². The zero-order valence-corrected chi connectivity index (χ0v) is 11.3. The van der Waals surface area contributed by atoms with Crippen LogP contribution in [-0.2, 0) is 10.3 Å². The number of hydrogen-bond donors (Lipinski definition) is 0. The van der Waals surface area contributed by atoms with E-state index in [4.69, 9.17) is 4.74 Å². The first kappa shape index (κ1) is 14.1. The highest BCUT2D eigenvalue weighted by Crippen LogP contribution is 2.56. The van der Waals surface area contributed by atoms with Gasteiger partial charge in [-0.05, 0) is 17.5 Å². The van der Waals surface area contributed by atoms with Crippen LogP contribution in [0.15, 0.2) is 60.7 Å². The van der Waals surface area contributed by atoms with Gasteiger partial charge in [-0.3, -0.25) is 0 Å². The van der Waals surface area contributed by atoms with E-state index in [2.05, 4.69) is 0 Å². The molecule has 0 spiro atoms. The Balaban J connectivity index is 2.16. The second-order valence-electron chi connectivity index (χ2n) is 5.20. The molecule has 0 saturated carbocycles. The summed E-state index contributed by atoms with van der Waals surface area (Å²) in [5.41, 5.74) is -1.42. The predicted molar refractivity (Wildman–Crippen MR) is 73.9 cm³/mol. The van der Waals surface area contributed by atoms with Gasteiger partial charge in [0.2, 0.25) is 0 Å². The molecule has 3 rings (SSSR count). The maximum absolute atomic E-state index is 13.9. The highest BCUT2D eigenvalue weighted by atomic mass is 19.4. The molecule has 1 aliphatic heterocycles. The van der Waals surface area contributed by atoms with E-state index in [1.54, 1.807) is 48.5 Å². The molecule has 0 bridgehead atoms. The summed E-state index contributed by atoms with van der Waals surface area (Å²) >= 11 is 0. The smallest absolute Gasteiger partial charge is 0.360 e. The summed E-state index contributed by atoms with van der Waals surface area (Å²) in [6, 6.07) is 16.7. The maximum atomic E-state index is 13.9. The Bertz CT molecular complexity index is 594. The minimum Gasteiger partial charge on any atom is -0.360 e. The van der Waals surface area contributed by atoms with Crippen molar-refractivity contribution in [3.05, 3.63) is 71.8 Å². The monoisotopic (exact) mass is 292 g/mol. The van der Waals surface area contributed by atoms with Crippen LogP contribution in [0.25, 0.3) is 0 Å². The molecule has 2 aromatic carbocycles. The summed E-state index contributed by atoms with van der Waals surface area (Å²) in [6.07, 6.45) is -4.11. The van der Waals surface area contributed by atoms with Crippen LogP contribution in [-0.4, -0.2) is 12.8 Å². The van der Waals surface area contributed by atoms with Crippen molar-refractivity contribution in [2.45, 2.75) is 24.1 Å².